The molecule has 0 spiro atoms. The zero-order valence-corrected chi connectivity index (χ0v) is 75.1. The summed E-state index contributed by atoms with van der Waals surface area (Å²) in [6.07, 6.45) is -14.5. The van der Waals surface area contributed by atoms with E-state index < -0.39 is 36.1 Å². The molecule has 6 aliphatic carbocycles. The van der Waals surface area contributed by atoms with Crippen molar-refractivity contribution in [2.24, 2.45) is 0 Å². The van der Waals surface area contributed by atoms with Crippen LogP contribution in [0, 0.1) is 140 Å². The monoisotopic (exact) mass is 1910 g/mol. The number of rotatable bonds is 8. The van der Waals surface area contributed by atoms with Crippen LogP contribution in [0.25, 0.3) is 196 Å². The van der Waals surface area contributed by atoms with Crippen molar-refractivity contribution >= 4 is 33.4 Å². The molecule has 21 rings (SSSR count). The Bertz CT molecular complexity index is 9060. The van der Waals surface area contributed by atoms with E-state index >= 15 is 0 Å². The Morgan fingerprint density at radius 2 is 0.524 bits per heavy atom. The lowest BCUT2D eigenvalue weighted by molar-refractivity contribution is -0.275. The summed E-state index contributed by atoms with van der Waals surface area (Å²) in [6, 6.07) is 86.8. The van der Waals surface area contributed by atoms with Crippen LogP contribution in [0.3, 0.4) is 0 Å². The lowest BCUT2D eigenvalue weighted by atomic mass is 9.95. The standard InChI is InChI=1S/2C40H19F3N4O.C38H15F5N6/c1-22-4-6-23(7-5-22)25-10-14-28-30-18-35-31(19-34(30)38(32(28)16-25)36(20-44)46-2)29-15-11-26(17-33(29)39(35)37(21-45)47-3)24-8-12-27(13-9-24)48-40(41,42)43;1-22-6-4-7-23(14-22)25-10-12-28-30-18-35-31(19-34(30)38(32(28)16-25)36(20-44)46-2)29-13-11-26(17-33(29)39(35)37(21-45)47-3)24-8-5-9-27(15-24)48-40(41,42)43;1-18-4-5-21(14-28(18)39)19-6-9-23-25(12-19)32(30(16-44)46-2)36-34(23)48-37-33(31(17-45)47-3)26-13-20(7-10-24(26)35(37)49-36)22-8-11-27(29(40)15-22)38(41,42)43/h2*4-19H,1H3;4-15H,1H3/b2*38-36+,39-37-;32-30+,33-31-. The van der Waals surface area contributed by atoms with E-state index in [4.69, 9.17) is 49.4 Å². The Kier molecular flexibility index (Phi) is 23.4. The van der Waals surface area contributed by atoms with Gasteiger partial charge in [-0.2, -0.15) is 13.2 Å². The summed E-state index contributed by atoms with van der Waals surface area (Å²) < 4.78 is 154. The molecule has 15 aromatic rings. The Morgan fingerprint density at radius 3 is 0.855 bits per heavy atom. The number of hydrogen-bond acceptors (Lipinski definition) is 10. The Hall–Kier alpha value is -20.7. The summed E-state index contributed by atoms with van der Waals surface area (Å²) in [5, 5.41) is 60.0. The molecule has 0 fully saturated rings. The van der Waals surface area contributed by atoms with Gasteiger partial charge in [0.15, 0.2) is 0 Å². The van der Waals surface area contributed by atoms with Gasteiger partial charge in [0.05, 0.1) is 104 Å². The van der Waals surface area contributed by atoms with Gasteiger partial charge in [-0.3, -0.25) is 0 Å². The van der Waals surface area contributed by atoms with Gasteiger partial charge >= 0.3 is 18.9 Å². The molecule has 0 bridgehead atoms. The number of hydrogen-bond donors (Lipinski definition) is 0. The minimum absolute atomic E-state index is 0.0443. The SMILES string of the molecule is [C-]#[N+]/C(C#N)=C1/c2cc(-c3ccc(C(F)(F)F)c(F)c3)ccc2-c2nc3c(nc21)-c1ccc(-c2ccc(C)c(F)c2)cc1/C3=C(/C#N)[N+]#[C-].[C-]#[N+]/C(C#N)=C1/c2cc(-c3ccc(OC(F)(F)F)cc3)ccc2-c2cc3c(cc21)-c1ccc(-c2ccc(C)cc2)cc1/C3=C(/C#N)[N+]#[C-].[C-]#[N+]/C(C#N)=C1/c2cc(-c3cccc(OC(F)(F)F)c3)ccc2-c2cc3c(cc21)-c1ccc(-c2cccc(C)c2)cc1/C3=C(/C#N)[N+]#[C-]. The molecule has 0 saturated heterocycles. The topological polar surface area (TPSA) is 213 Å². The summed E-state index contributed by atoms with van der Waals surface area (Å²) in [4.78, 5) is 30.8. The van der Waals surface area contributed by atoms with Crippen LogP contribution >= 0.6 is 0 Å². The van der Waals surface area contributed by atoms with Crippen molar-refractivity contribution in [2.45, 2.75) is 39.7 Å². The quantitative estimate of drug-likeness (QED) is 0.0797. The predicted molar refractivity (Wildman–Crippen MR) is 522 cm³/mol. The highest BCUT2D eigenvalue weighted by Crippen LogP contribution is 2.59. The lowest BCUT2D eigenvalue weighted by Gasteiger charge is -2.11. The van der Waals surface area contributed by atoms with Gasteiger partial charge in [-0.25, -0.2) is 79.4 Å². The zero-order valence-electron chi connectivity index (χ0n) is 75.1. The van der Waals surface area contributed by atoms with Crippen molar-refractivity contribution in [3.05, 3.63) is 471 Å². The van der Waals surface area contributed by atoms with E-state index in [1.807, 2.05) is 159 Å². The van der Waals surface area contributed by atoms with E-state index in [2.05, 4.69) is 56.7 Å². The summed E-state index contributed by atoms with van der Waals surface area (Å²) in [6.45, 7) is 52.4. The second-order valence-electron chi connectivity index (χ2n) is 33.8. The summed E-state index contributed by atoms with van der Waals surface area (Å²) in [7, 11) is 0. The first kappa shape index (κ1) is 93.3. The third-order valence-electron chi connectivity index (χ3n) is 25.6. The van der Waals surface area contributed by atoms with Gasteiger partial charge in [-0.15, -0.1) is 26.3 Å². The molecule has 145 heavy (non-hydrogen) atoms. The van der Waals surface area contributed by atoms with Crippen LogP contribution in [0.2, 0.25) is 0 Å². The van der Waals surface area contributed by atoms with Gasteiger partial charge in [-0.05, 0) is 296 Å². The van der Waals surface area contributed by atoms with Crippen LogP contribution in [0.1, 0.15) is 89.3 Å². The molecule has 1 heterocycles. The highest BCUT2D eigenvalue weighted by atomic mass is 19.4. The largest absolute Gasteiger partial charge is 0.573 e. The van der Waals surface area contributed by atoms with E-state index in [-0.39, 0.29) is 79.5 Å². The average Bonchev–Trinajstić information content (AvgIpc) is 1.56. The lowest BCUT2D eigenvalue weighted by Crippen LogP contribution is -2.17. The summed E-state index contributed by atoms with van der Waals surface area (Å²) in [5.74, 6) is -2.56. The third kappa shape index (κ3) is 16.5. The number of benzene rings is 14. The van der Waals surface area contributed by atoms with Crippen LogP contribution in [0.5, 0.6) is 11.5 Å². The van der Waals surface area contributed by atoms with Crippen LogP contribution in [0.15, 0.2) is 301 Å². The number of alkyl halides is 9. The van der Waals surface area contributed by atoms with Gasteiger partial charge in [0.25, 0.3) is 34.2 Å². The van der Waals surface area contributed by atoms with E-state index in [1.165, 1.54) is 54.6 Å². The molecular formula is C118H53F11N14O2. The molecular weight excluding hydrogens is 1850 g/mol. The van der Waals surface area contributed by atoms with Crippen molar-refractivity contribution < 1.29 is 57.8 Å². The summed E-state index contributed by atoms with van der Waals surface area (Å²) in [5.41, 5.74) is 24.6. The van der Waals surface area contributed by atoms with Crippen molar-refractivity contribution in [3.63, 3.8) is 0 Å². The maximum Gasteiger partial charge on any atom is 0.573 e. The highest BCUT2D eigenvalue weighted by Gasteiger charge is 2.42. The van der Waals surface area contributed by atoms with E-state index in [0.29, 0.717) is 145 Å². The van der Waals surface area contributed by atoms with E-state index in [1.54, 1.807) is 73.7 Å². The number of ether oxygens (including phenoxy) is 2. The van der Waals surface area contributed by atoms with Crippen LogP contribution < -0.4 is 9.47 Å². The predicted octanol–water partition coefficient (Wildman–Crippen LogP) is 31.0. The first-order chi connectivity index (χ1) is 69.7. The minimum atomic E-state index is -4.88. The molecule has 0 N–H and O–H groups in total. The van der Waals surface area contributed by atoms with Crippen LogP contribution in [-0.4, -0.2) is 22.7 Å². The van der Waals surface area contributed by atoms with Gasteiger partial charge < -0.3 is 9.47 Å². The third-order valence-corrected chi connectivity index (χ3v) is 25.6. The van der Waals surface area contributed by atoms with E-state index in [0.717, 1.165) is 90.0 Å². The second kappa shape index (κ2) is 36.3. The average molecular weight is 1910 g/mol. The molecule has 684 valence electrons. The zero-order chi connectivity index (χ0) is 102. The fourth-order valence-electron chi connectivity index (χ4n) is 19.2. The van der Waals surface area contributed by atoms with Gasteiger partial charge in [0.2, 0.25) is 0 Å². The molecule has 0 aliphatic heterocycles. The molecule has 0 atom stereocenters. The molecule has 14 aromatic carbocycles. The second-order valence-corrected chi connectivity index (χ2v) is 33.8. The summed E-state index contributed by atoms with van der Waals surface area (Å²) >= 11 is 0. The maximum atomic E-state index is 14.5. The molecule has 0 amide bonds. The Labute approximate surface area is 819 Å². The first-order valence-corrected chi connectivity index (χ1v) is 43.6. The number of aryl methyl sites for hydroxylation is 3. The number of nitrogens with zero attached hydrogens (tertiary/aromatic N) is 14. The van der Waals surface area contributed by atoms with Crippen molar-refractivity contribution in [2.75, 3.05) is 0 Å². The number of allylic oxidation sites excluding steroid dienone is 6. The van der Waals surface area contributed by atoms with Gasteiger partial charge in [-0.1, -0.05) is 175 Å². The Morgan fingerprint density at radius 1 is 0.248 bits per heavy atom. The first-order valence-electron chi connectivity index (χ1n) is 43.6. The molecule has 0 unspecified atom stereocenters. The molecule has 0 saturated carbocycles. The molecule has 1 aromatic heterocycles. The fraction of sp³-hybridized carbons (Fsp3) is 0.0508. The van der Waals surface area contributed by atoms with Gasteiger partial charge in [0.1, 0.15) is 23.1 Å². The molecule has 0 radical (unpaired) electrons. The molecule has 16 nitrogen and oxygen atoms in total. The number of fused-ring (bicyclic) bond motifs is 18. The normalized spacial score (nSPS) is 14.3. The van der Waals surface area contributed by atoms with Crippen LogP contribution in [0.4, 0.5) is 48.3 Å². The van der Waals surface area contributed by atoms with Crippen molar-refractivity contribution in [1.29, 1.82) is 31.6 Å². The van der Waals surface area contributed by atoms with Gasteiger partial charge in [0, 0.05) is 44.6 Å². The van der Waals surface area contributed by atoms with E-state index in [9.17, 15) is 79.9 Å². The Balaban J connectivity index is 0.000000137. The molecule has 6 aliphatic rings. The number of aromatic nitrogens is 2. The van der Waals surface area contributed by atoms with Crippen LogP contribution in [-0.2, 0) is 6.18 Å². The smallest absolute Gasteiger partial charge is 0.406 e. The number of halogens is 11. The van der Waals surface area contributed by atoms with Crippen molar-refractivity contribution in [1.82, 2.24) is 9.97 Å². The highest BCUT2D eigenvalue weighted by molar-refractivity contribution is 6.15. The fourth-order valence-corrected chi connectivity index (χ4v) is 19.2. The molecule has 27 heteroatoms. The maximum absolute atomic E-state index is 14.5. The minimum Gasteiger partial charge on any atom is -0.406 e. The number of nitriles is 6. The van der Waals surface area contributed by atoms with Crippen molar-refractivity contribution in [3.8, 4) is 182 Å².